The Morgan fingerprint density at radius 2 is 1.57 bits per heavy atom. The van der Waals surface area contributed by atoms with Crippen molar-refractivity contribution in [3.8, 4) is 5.75 Å². The molecule has 40 heavy (non-hydrogen) atoms. The second-order valence-electron chi connectivity index (χ2n) is 10.2. The molecule has 1 amide bonds. The second-order valence-corrected chi connectivity index (χ2v) is 10.2. The third-order valence-corrected chi connectivity index (χ3v) is 7.32. The topological polar surface area (TPSA) is 94.3 Å². The van der Waals surface area contributed by atoms with Crippen LogP contribution in [0.4, 0.5) is 4.79 Å². The zero-order valence-electron chi connectivity index (χ0n) is 22.5. The fourth-order valence-electron chi connectivity index (χ4n) is 5.26. The highest BCUT2D eigenvalue weighted by molar-refractivity contribution is 5.82. The van der Waals surface area contributed by atoms with Crippen LogP contribution in [0.15, 0.2) is 97.1 Å². The molecule has 0 radical (unpaired) electrons. The number of rotatable bonds is 11. The van der Waals surface area contributed by atoms with Crippen molar-refractivity contribution >= 4 is 16.9 Å². The summed E-state index contributed by atoms with van der Waals surface area (Å²) in [7, 11) is 0. The fourth-order valence-corrected chi connectivity index (χ4v) is 5.26. The third-order valence-electron chi connectivity index (χ3n) is 7.32. The van der Waals surface area contributed by atoms with E-state index < -0.39 is 6.09 Å². The third kappa shape index (κ3) is 7.18. The van der Waals surface area contributed by atoms with Crippen LogP contribution >= 0.6 is 0 Å². The number of amides is 1. The Bertz CT molecular complexity index is 1380. The van der Waals surface area contributed by atoms with E-state index in [-0.39, 0.29) is 31.2 Å². The molecule has 1 aliphatic rings. The minimum absolute atomic E-state index is 0.142. The van der Waals surface area contributed by atoms with E-state index in [1.807, 2.05) is 60.7 Å². The van der Waals surface area contributed by atoms with E-state index in [2.05, 4.69) is 36.4 Å². The molecule has 3 atom stereocenters. The number of carbonyl (C=O) groups is 1. The molecule has 7 heteroatoms. The summed E-state index contributed by atoms with van der Waals surface area (Å²) in [5.41, 5.74) is 9.76. The summed E-state index contributed by atoms with van der Waals surface area (Å²) in [6.07, 6.45) is -0.567. The van der Waals surface area contributed by atoms with Crippen LogP contribution in [0.5, 0.6) is 5.75 Å². The summed E-state index contributed by atoms with van der Waals surface area (Å²) in [6, 6.07) is 32.0. The summed E-state index contributed by atoms with van der Waals surface area (Å²) in [5.74, 6) is 0.633. The molecule has 3 unspecified atom stereocenters. The van der Waals surface area contributed by atoms with Crippen molar-refractivity contribution in [2.45, 2.75) is 37.7 Å². The molecule has 0 aliphatic carbocycles. The van der Waals surface area contributed by atoms with Crippen LogP contribution in [0.1, 0.15) is 29.0 Å². The van der Waals surface area contributed by atoms with Gasteiger partial charge >= 0.3 is 6.09 Å². The lowest BCUT2D eigenvalue weighted by atomic mass is 9.83. The summed E-state index contributed by atoms with van der Waals surface area (Å²) in [5, 5.41) is 12.0. The van der Waals surface area contributed by atoms with E-state index in [0.717, 1.165) is 34.2 Å². The Morgan fingerprint density at radius 1 is 0.825 bits per heavy atom. The Balaban J connectivity index is 1.17. The van der Waals surface area contributed by atoms with Crippen molar-refractivity contribution in [3.63, 3.8) is 0 Å². The lowest BCUT2D eigenvalue weighted by Gasteiger charge is -2.41. The number of nitrogens with two attached hydrogens (primary N) is 1. The molecule has 4 aromatic rings. The van der Waals surface area contributed by atoms with Crippen LogP contribution in [-0.4, -0.2) is 54.5 Å². The number of benzene rings is 4. The van der Waals surface area contributed by atoms with Gasteiger partial charge in [-0.05, 0) is 45.7 Å². The van der Waals surface area contributed by atoms with Crippen LogP contribution in [0.25, 0.3) is 10.8 Å². The van der Waals surface area contributed by atoms with Crippen molar-refractivity contribution in [2.75, 3.05) is 26.3 Å². The van der Waals surface area contributed by atoms with Crippen LogP contribution in [-0.2, 0) is 22.7 Å². The molecule has 7 nitrogen and oxygen atoms in total. The number of ether oxygens (including phenoxy) is 3. The zero-order chi connectivity index (χ0) is 27.7. The number of hydrogen-bond acceptors (Lipinski definition) is 5. The Morgan fingerprint density at radius 3 is 2.35 bits per heavy atom. The van der Waals surface area contributed by atoms with Crippen molar-refractivity contribution in [1.82, 2.24) is 4.90 Å². The molecule has 1 aliphatic heterocycles. The average Bonchev–Trinajstić information content (AvgIpc) is 2.98. The molecule has 0 saturated carbocycles. The quantitative estimate of drug-likeness (QED) is 0.233. The Labute approximate surface area is 235 Å². The van der Waals surface area contributed by atoms with Gasteiger partial charge in [0.25, 0.3) is 0 Å². The predicted molar refractivity (Wildman–Crippen MR) is 155 cm³/mol. The second kappa shape index (κ2) is 13.4. The lowest BCUT2D eigenvalue weighted by molar-refractivity contribution is -0.0262. The van der Waals surface area contributed by atoms with E-state index >= 15 is 0 Å². The van der Waals surface area contributed by atoms with Gasteiger partial charge in [-0.1, -0.05) is 78.9 Å². The highest BCUT2D eigenvalue weighted by atomic mass is 16.5. The maximum absolute atomic E-state index is 11.8. The van der Waals surface area contributed by atoms with Crippen molar-refractivity contribution in [3.05, 3.63) is 114 Å². The molecule has 4 aromatic carbocycles. The Hall–Kier alpha value is -3.91. The molecule has 208 valence electrons. The van der Waals surface area contributed by atoms with Crippen LogP contribution < -0.4 is 10.5 Å². The van der Waals surface area contributed by atoms with E-state index in [1.54, 1.807) is 0 Å². The maximum Gasteiger partial charge on any atom is 0.407 e. The molecule has 0 aromatic heterocycles. The molecule has 0 spiro atoms. The molecule has 1 saturated heterocycles. The van der Waals surface area contributed by atoms with Gasteiger partial charge in [-0.3, -0.25) is 0 Å². The molecular formula is C33H36N2O5. The van der Waals surface area contributed by atoms with E-state index in [1.165, 1.54) is 10.3 Å². The van der Waals surface area contributed by atoms with Crippen LogP contribution in [0.3, 0.4) is 0 Å². The number of likely N-dealkylation sites (tertiary alicyclic amines) is 1. The molecule has 5 rings (SSSR count). The van der Waals surface area contributed by atoms with Crippen molar-refractivity contribution < 1.29 is 24.1 Å². The number of fused-ring (bicyclic) bond motifs is 1. The molecule has 1 heterocycles. The maximum atomic E-state index is 11.8. The van der Waals surface area contributed by atoms with E-state index in [4.69, 9.17) is 19.9 Å². The number of nitrogens with zero attached hydrogens (tertiary/aromatic N) is 1. The number of carboxylic acid groups (broad SMARTS) is 1. The standard InChI is InChI=1S/C33H36N2O5/c34-30-20-35(33(36)37)21-31(40-23-25-11-12-26-9-4-5-10-28(26)19-25)32(30)27-13-15-29(16-14-27)39-18-6-17-38-22-24-7-2-1-3-8-24/h1-5,7-16,19,30-32H,6,17-18,20-23,34H2,(H,36,37). The first-order valence-corrected chi connectivity index (χ1v) is 13.7. The van der Waals surface area contributed by atoms with Gasteiger partial charge in [-0.25, -0.2) is 4.79 Å². The minimum Gasteiger partial charge on any atom is -0.494 e. The van der Waals surface area contributed by atoms with Gasteiger partial charge in [0.2, 0.25) is 0 Å². The normalized spacial score (nSPS) is 19.0. The first-order chi connectivity index (χ1) is 19.6. The minimum atomic E-state index is -0.982. The van der Waals surface area contributed by atoms with Crippen LogP contribution in [0.2, 0.25) is 0 Å². The molecule has 3 N–H and O–H groups in total. The summed E-state index contributed by atoms with van der Waals surface area (Å²) < 4.78 is 18.0. The highest BCUT2D eigenvalue weighted by Crippen LogP contribution is 2.32. The Kier molecular flexibility index (Phi) is 9.29. The van der Waals surface area contributed by atoms with Gasteiger partial charge in [0.15, 0.2) is 0 Å². The van der Waals surface area contributed by atoms with Crippen molar-refractivity contribution in [2.24, 2.45) is 5.73 Å². The van der Waals surface area contributed by atoms with Gasteiger partial charge in [0.1, 0.15) is 5.75 Å². The first-order valence-electron chi connectivity index (χ1n) is 13.7. The van der Waals surface area contributed by atoms with Gasteiger partial charge in [-0.2, -0.15) is 0 Å². The summed E-state index contributed by atoms with van der Waals surface area (Å²) >= 11 is 0. The van der Waals surface area contributed by atoms with Gasteiger partial charge in [0, 0.05) is 24.9 Å². The largest absolute Gasteiger partial charge is 0.494 e. The zero-order valence-corrected chi connectivity index (χ0v) is 22.5. The first kappa shape index (κ1) is 27.6. The van der Waals surface area contributed by atoms with E-state index in [9.17, 15) is 9.90 Å². The van der Waals surface area contributed by atoms with E-state index in [0.29, 0.717) is 26.4 Å². The van der Waals surface area contributed by atoms with Crippen LogP contribution in [0, 0.1) is 0 Å². The fraction of sp³-hybridized carbons (Fsp3) is 0.303. The SMILES string of the molecule is NC1CN(C(=O)O)CC(OCc2ccc3ccccc3c2)C1c1ccc(OCCCOCc2ccccc2)cc1. The summed E-state index contributed by atoms with van der Waals surface area (Å²) in [4.78, 5) is 13.1. The molecule has 1 fully saturated rings. The average molecular weight is 541 g/mol. The number of piperidine rings is 1. The monoisotopic (exact) mass is 540 g/mol. The predicted octanol–water partition coefficient (Wildman–Crippen LogP) is 5.82. The molecular weight excluding hydrogens is 504 g/mol. The lowest BCUT2D eigenvalue weighted by Crippen LogP contribution is -2.56. The highest BCUT2D eigenvalue weighted by Gasteiger charge is 2.38. The molecule has 0 bridgehead atoms. The van der Waals surface area contributed by atoms with Gasteiger partial charge < -0.3 is 30.0 Å². The summed E-state index contributed by atoms with van der Waals surface area (Å²) in [6.45, 7) is 2.68. The number of hydrogen-bond donors (Lipinski definition) is 2. The van der Waals surface area contributed by atoms with Gasteiger partial charge in [-0.15, -0.1) is 0 Å². The smallest absolute Gasteiger partial charge is 0.407 e. The van der Waals surface area contributed by atoms with Crippen molar-refractivity contribution in [1.29, 1.82) is 0 Å². The van der Waals surface area contributed by atoms with Gasteiger partial charge in [0.05, 0.1) is 39.1 Å².